The van der Waals surface area contributed by atoms with E-state index in [4.69, 9.17) is 0 Å². The fourth-order valence-electron chi connectivity index (χ4n) is 0.267. The lowest BCUT2D eigenvalue weighted by atomic mass is 10.3. The third-order valence-electron chi connectivity index (χ3n) is 0.594. The molecule has 8 heavy (non-hydrogen) atoms. The van der Waals surface area contributed by atoms with Gasteiger partial charge in [0.25, 0.3) is 0 Å². The van der Waals surface area contributed by atoms with Crippen molar-refractivity contribution < 1.29 is 17.6 Å². The van der Waals surface area contributed by atoms with E-state index in [1.165, 1.54) is 0 Å². The Morgan fingerprint density at radius 3 is 1.75 bits per heavy atom. The molecule has 0 aromatic heterocycles. The lowest BCUT2D eigenvalue weighted by Gasteiger charge is -2.01. The molecule has 0 N–H and O–H groups in total. The van der Waals surface area contributed by atoms with E-state index in [1.807, 2.05) is 0 Å². The van der Waals surface area contributed by atoms with Crippen LogP contribution in [-0.2, 0) is 0 Å². The average molecular weight is 130 g/mol. The highest BCUT2D eigenvalue weighted by atomic mass is 19.4. The Hall–Kier alpha value is -0.280. The smallest absolute Gasteiger partial charge is 0.251 e. The molecule has 0 bridgehead atoms. The Labute approximate surface area is 44.5 Å². The Morgan fingerprint density at radius 1 is 1.12 bits per heavy atom. The van der Waals surface area contributed by atoms with Gasteiger partial charge in [-0.15, -0.1) is 0 Å². The van der Waals surface area contributed by atoms with Gasteiger partial charge in [0.15, 0.2) is 0 Å². The van der Waals surface area contributed by atoms with E-state index >= 15 is 0 Å². The van der Waals surface area contributed by atoms with Crippen molar-refractivity contribution in [3.05, 3.63) is 0 Å². The molecule has 0 heterocycles. The summed E-state index contributed by atoms with van der Waals surface area (Å²) in [6, 6.07) is 0. The van der Waals surface area contributed by atoms with Crippen molar-refractivity contribution >= 4 is 0 Å². The molecule has 0 nitrogen and oxygen atoms in total. The molecule has 0 atom stereocenters. The van der Waals surface area contributed by atoms with Crippen LogP contribution in [0.3, 0.4) is 0 Å². The molecule has 0 aliphatic rings. The van der Waals surface area contributed by atoms with Gasteiger partial charge in [-0.3, -0.25) is 4.39 Å². The molecule has 0 aliphatic heterocycles. The van der Waals surface area contributed by atoms with Gasteiger partial charge in [-0.1, -0.05) is 0 Å². The first-order valence-electron chi connectivity index (χ1n) is 2.19. The quantitative estimate of drug-likeness (QED) is 0.503. The molecular formula is C4H6F4. The number of rotatable bonds is 2. The third kappa shape index (κ3) is 5.72. The summed E-state index contributed by atoms with van der Waals surface area (Å²) in [5.41, 5.74) is 0. The summed E-state index contributed by atoms with van der Waals surface area (Å²) < 4.78 is 44.3. The minimum atomic E-state index is -4.19. The second-order valence-corrected chi connectivity index (χ2v) is 1.41. The van der Waals surface area contributed by atoms with Gasteiger partial charge in [0.05, 0.1) is 6.67 Å². The van der Waals surface area contributed by atoms with Crippen LogP contribution in [0.15, 0.2) is 0 Å². The normalized spacial score (nSPS) is 12.0. The molecule has 0 radical (unpaired) electrons. The molecule has 0 saturated heterocycles. The van der Waals surface area contributed by atoms with Gasteiger partial charge in [0.1, 0.15) is 0 Å². The summed E-state index contributed by atoms with van der Waals surface area (Å²) in [4.78, 5) is 0. The molecule has 0 saturated carbocycles. The predicted molar refractivity (Wildman–Crippen MR) is 21.3 cm³/mol. The van der Waals surface area contributed by atoms with E-state index in [0.717, 1.165) is 0 Å². The summed E-state index contributed by atoms with van der Waals surface area (Å²) in [5.74, 6) is 0. The van der Waals surface area contributed by atoms with Gasteiger partial charge >= 0.3 is 6.18 Å². The minimum absolute atomic E-state index is 0.413. The van der Waals surface area contributed by atoms with Crippen LogP contribution < -0.4 is 0 Å². The first-order chi connectivity index (χ1) is 3.56. The first kappa shape index (κ1) is 7.72. The maximum absolute atomic E-state index is 11.1. The van der Waals surface area contributed by atoms with Gasteiger partial charge in [0.2, 0.25) is 0 Å². The van der Waals surface area contributed by atoms with Crippen molar-refractivity contribution in [1.29, 1.82) is 0 Å². The van der Waals surface area contributed by atoms with Gasteiger partial charge < -0.3 is 0 Å². The number of hydrogen-bond acceptors (Lipinski definition) is 0. The largest absolute Gasteiger partial charge is 0.389 e. The van der Waals surface area contributed by atoms with E-state index < -0.39 is 25.7 Å². The Morgan fingerprint density at radius 2 is 1.62 bits per heavy atom. The van der Waals surface area contributed by atoms with Gasteiger partial charge in [-0.25, -0.2) is 0 Å². The van der Waals surface area contributed by atoms with Crippen LogP contribution >= 0.6 is 0 Å². The van der Waals surface area contributed by atoms with Gasteiger partial charge in [-0.2, -0.15) is 13.2 Å². The number of hydrogen-bond donors (Lipinski definition) is 0. The molecule has 0 spiro atoms. The molecular weight excluding hydrogens is 124 g/mol. The fraction of sp³-hybridized carbons (Fsp3) is 1.00. The maximum Gasteiger partial charge on any atom is 0.389 e. The zero-order chi connectivity index (χ0) is 6.62. The highest BCUT2D eigenvalue weighted by molar-refractivity contribution is 4.47. The predicted octanol–water partition coefficient (Wildman–Crippen LogP) is 2.30. The summed E-state index contributed by atoms with van der Waals surface area (Å²) in [6.45, 7) is -0.889. The molecule has 0 aromatic carbocycles. The van der Waals surface area contributed by atoms with Crippen LogP contribution in [-0.4, -0.2) is 12.9 Å². The van der Waals surface area contributed by atoms with Crippen LogP contribution in [0.5, 0.6) is 0 Å². The standard InChI is InChI=1S/C4H6F4/c5-3-1-2-4(6,7)8/h1-3H2. The second-order valence-electron chi connectivity index (χ2n) is 1.41. The van der Waals surface area contributed by atoms with Crippen molar-refractivity contribution in [1.82, 2.24) is 0 Å². The van der Waals surface area contributed by atoms with Crippen LogP contribution in [0.1, 0.15) is 12.8 Å². The molecule has 50 valence electrons. The second kappa shape index (κ2) is 2.89. The SMILES string of the molecule is FCCCC(F)(F)F. The molecule has 0 fully saturated rings. The number of halogens is 4. The van der Waals surface area contributed by atoms with Crippen LogP contribution in [0.4, 0.5) is 17.6 Å². The monoisotopic (exact) mass is 130 g/mol. The fourth-order valence-corrected chi connectivity index (χ4v) is 0.267. The van der Waals surface area contributed by atoms with Gasteiger partial charge in [0, 0.05) is 6.42 Å². The molecule has 0 aromatic rings. The lowest BCUT2D eigenvalue weighted by molar-refractivity contribution is -0.136. The molecule has 0 aliphatic carbocycles. The van der Waals surface area contributed by atoms with E-state index in [-0.39, 0.29) is 0 Å². The summed E-state index contributed by atoms with van der Waals surface area (Å²) in [5, 5.41) is 0. The zero-order valence-electron chi connectivity index (χ0n) is 4.13. The Kier molecular flexibility index (Phi) is 2.79. The Balaban J connectivity index is 3.11. The van der Waals surface area contributed by atoms with Crippen molar-refractivity contribution in [2.45, 2.75) is 19.0 Å². The van der Waals surface area contributed by atoms with Crippen molar-refractivity contribution in [3.63, 3.8) is 0 Å². The molecule has 0 rings (SSSR count). The van der Waals surface area contributed by atoms with Crippen molar-refractivity contribution in [2.75, 3.05) is 6.67 Å². The minimum Gasteiger partial charge on any atom is -0.251 e. The van der Waals surface area contributed by atoms with Crippen LogP contribution in [0.2, 0.25) is 0 Å². The zero-order valence-corrected chi connectivity index (χ0v) is 4.13. The summed E-state index contributed by atoms with van der Waals surface area (Å²) in [7, 11) is 0. The van der Waals surface area contributed by atoms with Gasteiger partial charge in [-0.05, 0) is 6.42 Å². The van der Waals surface area contributed by atoms with Crippen LogP contribution in [0, 0.1) is 0 Å². The highest BCUT2D eigenvalue weighted by Crippen LogP contribution is 2.20. The lowest BCUT2D eigenvalue weighted by Crippen LogP contribution is -2.06. The highest BCUT2D eigenvalue weighted by Gasteiger charge is 2.25. The van der Waals surface area contributed by atoms with E-state index in [9.17, 15) is 17.6 Å². The summed E-state index contributed by atoms with van der Waals surface area (Å²) >= 11 is 0. The molecule has 0 unspecified atom stereocenters. The third-order valence-corrected chi connectivity index (χ3v) is 0.594. The van der Waals surface area contributed by atoms with E-state index in [2.05, 4.69) is 0 Å². The Bertz CT molecular complexity index is 55.5. The van der Waals surface area contributed by atoms with Crippen molar-refractivity contribution in [3.8, 4) is 0 Å². The topological polar surface area (TPSA) is 0 Å². The summed E-state index contributed by atoms with van der Waals surface area (Å²) in [6.07, 6.45) is -5.61. The number of alkyl halides is 4. The van der Waals surface area contributed by atoms with E-state index in [1.54, 1.807) is 0 Å². The van der Waals surface area contributed by atoms with E-state index in [0.29, 0.717) is 0 Å². The first-order valence-corrected chi connectivity index (χ1v) is 2.19. The maximum atomic E-state index is 11.1. The van der Waals surface area contributed by atoms with Crippen molar-refractivity contribution in [2.24, 2.45) is 0 Å². The average Bonchev–Trinajstić information content (AvgIpc) is 1.59. The molecule has 4 heteroatoms. The van der Waals surface area contributed by atoms with Crippen LogP contribution in [0.25, 0.3) is 0 Å². The molecule has 0 amide bonds.